The second-order valence-corrected chi connectivity index (χ2v) is 11.7. The number of rotatable bonds is 6. The number of nitrogens with zero attached hydrogens (tertiary/aromatic N) is 4. The fourth-order valence-corrected chi connectivity index (χ4v) is 5.20. The molecular formula is C31H42N4O4. The number of hydrogen-bond acceptors (Lipinski definition) is 6. The van der Waals surface area contributed by atoms with Crippen LogP contribution in [0.2, 0.25) is 0 Å². The maximum Gasteiger partial charge on any atom is 0.264 e. The van der Waals surface area contributed by atoms with Crippen molar-refractivity contribution in [3.63, 3.8) is 0 Å². The number of ether oxygens (including phenoxy) is 2. The van der Waals surface area contributed by atoms with E-state index >= 15 is 0 Å². The zero-order chi connectivity index (χ0) is 29.2. The zero-order valence-electron chi connectivity index (χ0n) is 25.0. The summed E-state index contributed by atoms with van der Waals surface area (Å²) in [5.41, 5.74) is 4.34. The highest BCUT2D eigenvalue weighted by Gasteiger charge is 2.34. The smallest absolute Gasteiger partial charge is 0.264 e. The van der Waals surface area contributed by atoms with E-state index in [0.717, 1.165) is 22.3 Å². The molecule has 1 aliphatic heterocycles. The van der Waals surface area contributed by atoms with Crippen LogP contribution in [0.4, 0.5) is 0 Å². The van der Waals surface area contributed by atoms with Gasteiger partial charge < -0.3 is 18.9 Å². The van der Waals surface area contributed by atoms with Crippen molar-refractivity contribution < 1.29 is 14.3 Å². The van der Waals surface area contributed by atoms with Gasteiger partial charge >= 0.3 is 0 Å². The van der Waals surface area contributed by atoms with Crippen LogP contribution in [0.25, 0.3) is 11.1 Å². The third-order valence-electron chi connectivity index (χ3n) is 7.51. The van der Waals surface area contributed by atoms with Crippen molar-refractivity contribution >= 4 is 5.91 Å². The Morgan fingerprint density at radius 1 is 1.08 bits per heavy atom. The molecule has 39 heavy (non-hydrogen) atoms. The second-order valence-electron chi connectivity index (χ2n) is 11.7. The Labute approximate surface area is 232 Å². The van der Waals surface area contributed by atoms with Gasteiger partial charge in [-0.1, -0.05) is 26.8 Å². The number of piperazine rings is 1. The summed E-state index contributed by atoms with van der Waals surface area (Å²) in [5.74, 6) is 1.19. The summed E-state index contributed by atoms with van der Waals surface area (Å²) >= 11 is 0. The molecule has 2 aromatic rings. The van der Waals surface area contributed by atoms with Crippen LogP contribution in [-0.4, -0.2) is 59.7 Å². The fourth-order valence-electron chi connectivity index (χ4n) is 5.20. The third kappa shape index (κ3) is 6.36. The molecule has 0 unspecified atom stereocenters. The molecule has 0 spiro atoms. The van der Waals surface area contributed by atoms with Crippen molar-refractivity contribution in [2.75, 3.05) is 27.3 Å². The molecule has 1 aliphatic rings. The Hall–Kier alpha value is -3.57. The number of carbonyl (C=O) groups excluding carboxylic acids is 1. The molecule has 1 amide bonds. The molecule has 1 aromatic heterocycles. The molecule has 0 radical (unpaired) electrons. The number of aromatic nitrogens is 1. The Balaban J connectivity index is 1.92. The molecule has 0 aliphatic carbocycles. The molecule has 2 atom stereocenters. The minimum absolute atomic E-state index is 0.0108. The summed E-state index contributed by atoms with van der Waals surface area (Å²) in [6.07, 6.45) is 3.60. The van der Waals surface area contributed by atoms with Crippen molar-refractivity contribution in [1.29, 1.82) is 5.26 Å². The van der Waals surface area contributed by atoms with E-state index in [1.54, 1.807) is 31.9 Å². The first-order chi connectivity index (χ1) is 18.2. The van der Waals surface area contributed by atoms with E-state index in [4.69, 9.17) is 9.47 Å². The lowest BCUT2D eigenvalue weighted by Crippen LogP contribution is -2.57. The van der Waals surface area contributed by atoms with Gasteiger partial charge in [0.1, 0.15) is 23.1 Å². The minimum atomic E-state index is -0.262. The van der Waals surface area contributed by atoms with Gasteiger partial charge in [-0.25, -0.2) is 0 Å². The molecule has 1 saturated heterocycles. The highest BCUT2D eigenvalue weighted by atomic mass is 16.5. The largest absolute Gasteiger partial charge is 0.496 e. The lowest BCUT2D eigenvalue weighted by molar-refractivity contribution is -0.132. The molecule has 0 bridgehead atoms. The molecule has 0 saturated carbocycles. The number of pyridine rings is 1. The van der Waals surface area contributed by atoms with Crippen LogP contribution in [0.1, 0.15) is 51.3 Å². The minimum Gasteiger partial charge on any atom is -0.496 e. The Kier molecular flexibility index (Phi) is 8.97. The number of amides is 1. The summed E-state index contributed by atoms with van der Waals surface area (Å²) in [5, 5.41) is 9.65. The van der Waals surface area contributed by atoms with Crippen LogP contribution in [0.3, 0.4) is 0 Å². The predicted octanol–water partition coefficient (Wildman–Crippen LogP) is 4.60. The maximum absolute atomic E-state index is 13.3. The quantitative estimate of drug-likeness (QED) is 0.398. The van der Waals surface area contributed by atoms with Gasteiger partial charge in [0.25, 0.3) is 11.5 Å². The number of carbonyl (C=O) groups is 1. The summed E-state index contributed by atoms with van der Waals surface area (Å²) in [4.78, 5) is 29.8. The Morgan fingerprint density at radius 2 is 1.67 bits per heavy atom. The van der Waals surface area contributed by atoms with Crippen LogP contribution < -0.4 is 15.0 Å². The van der Waals surface area contributed by atoms with E-state index in [9.17, 15) is 14.9 Å². The molecule has 0 N–H and O–H groups in total. The number of aryl methyl sites for hydroxylation is 1. The Bertz CT molecular complexity index is 1350. The van der Waals surface area contributed by atoms with Crippen LogP contribution in [-0.2, 0) is 18.4 Å². The third-order valence-corrected chi connectivity index (χ3v) is 7.51. The van der Waals surface area contributed by atoms with Gasteiger partial charge in [-0.15, -0.1) is 0 Å². The van der Waals surface area contributed by atoms with Gasteiger partial charge in [0.2, 0.25) is 0 Å². The summed E-state index contributed by atoms with van der Waals surface area (Å²) in [6, 6.07) is 6.08. The normalized spacial score (nSPS) is 18.6. The van der Waals surface area contributed by atoms with Gasteiger partial charge in [0.15, 0.2) is 0 Å². The molecule has 3 rings (SSSR count). The van der Waals surface area contributed by atoms with Crippen molar-refractivity contribution in [2.24, 2.45) is 12.5 Å². The van der Waals surface area contributed by atoms with Gasteiger partial charge in [0, 0.05) is 56.1 Å². The zero-order valence-corrected chi connectivity index (χ0v) is 25.0. The SMILES string of the molecule is COc1cc(-c2cn(C)c(=O)c(C)c2C)cc(OC)c1CN1C[C@@H](C)N(C(=O)/C(C#N)=C/C(C)(C)C)C[C@@H]1C. The summed E-state index contributed by atoms with van der Waals surface area (Å²) in [6.45, 7) is 15.6. The number of nitriles is 1. The van der Waals surface area contributed by atoms with E-state index in [2.05, 4.69) is 17.9 Å². The van der Waals surface area contributed by atoms with Crippen LogP contribution in [0, 0.1) is 30.6 Å². The van der Waals surface area contributed by atoms with Crippen molar-refractivity contribution in [3.05, 3.63) is 57.0 Å². The number of hydrogen-bond donors (Lipinski definition) is 0. The van der Waals surface area contributed by atoms with Gasteiger partial charge in [0.05, 0.1) is 19.8 Å². The van der Waals surface area contributed by atoms with E-state index in [-0.39, 0.29) is 34.5 Å². The van der Waals surface area contributed by atoms with Crippen LogP contribution >= 0.6 is 0 Å². The van der Waals surface area contributed by atoms with Crippen molar-refractivity contribution in [3.8, 4) is 28.7 Å². The topological polar surface area (TPSA) is 87.8 Å². The number of benzene rings is 1. The highest BCUT2D eigenvalue weighted by Crippen LogP contribution is 2.38. The van der Waals surface area contributed by atoms with Crippen LogP contribution in [0.5, 0.6) is 11.5 Å². The van der Waals surface area contributed by atoms with Gasteiger partial charge in [-0.3, -0.25) is 14.5 Å². The molecule has 8 heteroatoms. The van der Waals surface area contributed by atoms with Gasteiger partial charge in [-0.2, -0.15) is 5.26 Å². The molecule has 2 heterocycles. The van der Waals surface area contributed by atoms with E-state index in [1.165, 1.54) is 0 Å². The molecule has 8 nitrogen and oxygen atoms in total. The molecule has 1 fully saturated rings. The number of allylic oxidation sites excluding steroid dienone is 1. The first-order valence-corrected chi connectivity index (χ1v) is 13.3. The monoisotopic (exact) mass is 534 g/mol. The fraction of sp³-hybridized carbons (Fsp3) is 0.516. The van der Waals surface area contributed by atoms with Crippen LogP contribution in [0.15, 0.2) is 34.8 Å². The van der Waals surface area contributed by atoms with E-state index in [1.807, 2.05) is 64.8 Å². The average Bonchev–Trinajstić information content (AvgIpc) is 2.88. The van der Waals surface area contributed by atoms with E-state index < -0.39 is 0 Å². The summed E-state index contributed by atoms with van der Waals surface area (Å²) in [7, 11) is 5.05. The molecule has 210 valence electrons. The van der Waals surface area contributed by atoms with Gasteiger partial charge in [-0.05, 0) is 56.4 Å². The summed E-state index contributed by atoms with van der Waals surface area (Å²) < 4.78 is 13.3. The molecular weight excluding hydrogens is 492 g/mol. The number of methoxy groups -OCH3 is 2. The van der Waals surface area contributed by atoms with Crippen molar-refractivity contribution in [1.82, 2.24) is 14.4 Å². The maximum atomic E-state index is 13.3. The first kappa shape index (κ1) is 30.0. The lowest BCUT2D eigenvalue weighted by Gasteiger charge is -2.44. The molecule has 1 aromatic carbocycles. The second kappa shape index (κ2) is 11.7. The van der Waals surface area contributed by atoms with E-state index in [0.29, 0.717) is 36.7 Å². The standard InChI is InChI=1S/C31H42N4O4/c1-19-16-35(30(37)24(14-32)13-31(5,6)7)20(2)15-34(19)18-26-27(38-9)11-23(12-28(26)39-10)25-17-33(8)29(36)22(4)21(25)3/h11-13,17,19-20H,15-16,18H2,1-10H3/b24-13+/t19-,20+/m0/s1. The van der Waals surface area contributed by atoms with Crippen molar-refractivity contribution in [2.45, 2.75) is 67.1 Å². The first-order valence-electron chi connectivity index (χ1n) is 13.3. The predicted molar refractivity (Wildman–Crippen MR) is 154 cm³/mol. The average molecular weight is 535 g/mol. The Morgan fingerprint density at radius 3 is 2.18 bits per heavy atom. The highest BCUT2D eigenvalue weighted by molar-refractivity contribution is 5.97. The lowest BCUT2D eigenvalue weighted by atomic mass is 9.93.